The van der Waals surface area contributed by atoms with Gasteiger partial charge in [-0.05, 0) is 32.1 Å². The van der Waals surface area contributed by atoms with Gasteiger partial charge in [0.15, 0.2) is 0 Å². The van der Waals surface area contributed by atoms with E-state index in [1.54, 1.807) is 12.4 Å². The van der Waals surface area contributed by atoms with Crippen LogP contribution in [0.15, 0.2) is 29.5 Å². The smallest absolute Gasteiger partial charge is 0.209 e. The van der Waals surface area contributed by atoms with Gasteiger partial charge in [0.05, 0.1) is 12.2 Å². The van der Waals surface area contributed by atoms with Gasteiger partial charge in [-0.2, -0.15) is 0 Å². The maximum Gasteiger partial charge on any atom is 0.209 e. The van der Waals surface area contributed by atoms with Crippen LogP contribution in [0.3, 0.4) is 0 Å². The number of carbonyl (C=O) groups is 1. The average Bonchev–Trinajstić information content (AvgIpc) is 3.16. The van der Waals surface area contributed by atoms with Gasteiger partial charge in [0.2, 0.25) is 5.84 Å². The monoisotopic (exact) mass is 447 g/mol. The molecule has 0 fully saturated rings. The van der Waals surface area contributed by atoms with Gasteiger partial charge in [-0.1, -0.05) is 89.7 Å². The van der Waals surface area contributed by atoms with Crippen molar-refractivity contribution in [3.05, 3.63) is 24.6 Å². The van der Waals surface area contributed by atoms with E-state index in [1.165, 1.54) is 89.9 Å². The fourth-order valence-corrected chi connectivity index (χ4v) is 4.46. The number of aliphatic carboxylic acids is 1. The van der Waals surface area contributed by atoms with Gasteiger partial charge >= 0.3 is 0 Å². The Morgan fingerprint density at radius 2 is 1.44 bits per heavy atom. The van der Waals surface area contributed by atoms with Crippen molar-refractivity contribution >= 4 is 11.8 Å². The number of hydrogen-bond donors (Lipinski definition) is 1. The zero-order chi connectivity index (χ0) is 23.5. The molecular formula is C27H49N3O2. The van der Waals surface area contributed by atoms with Crippen molar-refractivity contribution in [1.82, 2.24) is 0 Å². The molecule has 0 aliphatic carbocycles. The second-order valence-electron chi connectivity index (χ2n) is 9.44. The van der Waals surface area contributed by atoms with Crippen molar-refractivity contribution in [2.45, 2.75) is 129 Å². The standard InChI is InChI=1S/C27H49N3O2/c1-3-4-5-6-7-8-9-10-11-12-13-14-15-16-17-18-19-20-21-26-29-22-23-30(26,25(2)28)24-27(31)32/h12-13,22-23,25H,3-11,14-21,24,28H2,1-2H3/b13-12+. The fraction of sp³-hybridized carbons (Fsp3) is 0.778. The molecule has 0 amide bonds. The summed E-state index contributed by atoms with van der Waals surface area (Å²) in [6.07, 6.45) is 29.5. The van der Waals surface area contributed by atoms with Crippen LogP contribution >= 0.6 is 0 Å². The van der Waals surface area contributed by atoms with E-state index in [-0.39, 0.29) is 17.2 Å². The first-order valence-corrected chi connectivity index (χ1v) is 13.3. The Labute approximate surface area is 197 Å². The summed E-state index contributed by atoms with van der Waals surface area (Å²) in [5, 5.41) is 11.2. The van der Waals surface area contributed by atoms with E-state index in [0.29, 0.717) is 0 Å². The lowest BCUT2D eigenvalue weighted by molar-refractivity contribution is -0.808. The van der Waals surface area contributed by atoms with Crippen LogP contribution in [0.2, 0.25) is 0 Å². The molecule has 5 heteroatoms. The predicted octanol–water partition coefficient (Wildman–Crippen LogP) is 5.95. The van der Waals surface area contributed by atoms with Gasteiger partial charge in [0, 0.05) is 13.3 Å². The topological polar surface area (TPSA) is 78.5 Å². The summed E-state index contributed by atoms with van der Waals surface area (Å²) < 4.78 is 0.105. The van der Waals surface area contributed by atoms with Crippen molar-refractivity contribution in [2.75, 3.05) is 6.54 Å². The zero-order valence-electron chi connectivity index (χ0n) is 20.9. The summed E-state index contributed by atoms with van der Waals surface area (Å²) in [5.74, 6) is -0.237. The number of carboxylic acid groups (broad SMARTS) is 1. The number of carboxylic acids is 1. The number of nitrogens with zero attached hydrogens (tertiary/aromatic N) is 2. The molecule has 2 atom stereocenters. The van der Waals surface area contributed by atoms with Gasteiger partial charge in [0.25, 0.3) is 0 Å². The molecule has 0 saturated carbocycles. The maximum atomic E-state index is 11.2. The first-order chi connectivity index (χ1) is 15.5. The average molecular weight is 448 g/mol. The molecule has 1 heterocycles. The van der Waals surface area contributed by atoms with Crippen molar-refractivity contribution < 1.29 is 14.4 Å². The van der Waals surface area contributed by atoms with Crippen LogP contribution in [-0.4, -0.2) is 29.0 Å². The molecule has 0 aromatic carbocycles. The summed E-state index contributed by atoms with van der Waals surface area (Å²) in [5.41, 5.74) is 6.09. The molecule has 5 nitrogen and oxygen atoms in total. The summed E-state index contributed by atoms with van der Waals surface area (Å²) in [7, 11) is 0. The summed E-state index contributed by atoms with van der Waals surface area (Å²) >= 11 is 0. The lowest BCUT2D eigenvalue weighted by Gasteiger charge is -2.36. The highest BCUT2D eigenvalue weighted by Gasteiger charge is 2.38. The molecule has 0 spiro atoms. The summed E-state index contributed by atoms with van der Waals surface area (Å²) in [4.78, 5) is 15.6. The van der Waals surface area contributed by atoms with Crippen molar-refractivity contribution in [3.63, 3.8) is 0 Å². The number of quaternary nitrogens is 1. The minimum atomic E-state index is -1.09. The summed E-state index contributed by atoms with van der Waals surface area (Å²) in [6, 6.07) is 0. The number of carbonyl (C=O) groups excluding carboxylic acids is 1. The lowest BCUT2D eigenvalue weighted by atomic mass is 10.1. The number of allylic oxidation sites excluding steroid dienone is 2. The Hall–Kier alpha value is -1.46. The SMILES string of the molecule is CCCCCCCCCC/C=C/CCCCCCCCC1=NC=C[N+]1(CC(=O)[O-])C(C)N. The third kappa shape index (κ3) is 12.0. The third-order valence-electron chi connectivity index (χ3n) is 6.57. The molecule has 0 bridgehead atoms. The van der Waals surface area contributed by atoms with Crippen LogP contribution in [-0.2, 0) is 4.79 Å². The molecule has 184 valence electrons. The minimum absolute atomic E-state index is 0.105. The van der Waals surface area contributed by atoms with Crippen molar-refractivity contribution in [3.8, 4) is 0 Å². The molecule has 2 N–H and O–H groups in total. The van der Waals surface area contributed by atoms with E-state index in [4.69, 9.17) is 5.73 Å². The normalized spacial score (nSPS) is 19.0. The third-order valence-corrected chi connectivity index (χ3v) is 6.57. The van der Waals surface area contributed by atoms with Crippen LogP contribution in [0, 0.1) is 0 Å². The number of rotatable bonds is 21. The largest absolute Gasteiger partial charge is 0.544 e. The number of aliphatic imine (C=N–C) groups is 1. The lowest BCUT2D eigenvalue weighted by Crippen LogP contribution is -2.60. The van der Waals surface area contributed by atoms with Crippen LogP contribution < -0.4 is 10.8 Å². The van der Waals surface area contributed by atoms with Gasteiger partial charge in [-0.15, -0.1) is 0 Å². The van der Waals surface area contributed by atoms with E-state index in [1.807, 2.05) is 6.92 Å². The summed E-state index contributed by atoms with van der Waals surface area (Å²) in [6.45, 7) is 3.97. The van der Waals surface area contributed by atoms with Gasteiger partial charge in [-0.3, -0.25) is 5.73 Å². The van der Waals surface area contributed by atoms with Crippen LogP contribution in [0.5, 0.6) is 0 Å². The molecule has 1 aliphatic rings. The van der Waals surface area contributed by atoms with Crippen LogP contribution in [0.1, 0.15) is 123 Å². The molecule has 0 saturated heterocycles. The highest BCUT2D eigenvalue weighted by molar-refractivity contribution is 5.81. The Kier molecular flexibility index (Phi) is 16.1. The van der Waals surface area contributed by atoms with E-state index in [0.717, 1.165) is 25.1 Å². The first-order valence-electron chi connectivity index (χ1n) is 13.3. The van der Waals surface area contributed by atoms with E-state index in [2.05, 4.69) is 24.1 Å². The van der Waals surface area contributed by atoms with Gasteiger partial charge in [-0.25, -0.2) is 9.48 Å². The predicted molar refractivity (Wildman–Crippen MR) is 134 cm³/mol. The quantitative estimate of drug-likeness (QED) is 0.134. The molecule has 1 aliphatic heterocycles. The van der Waals surface area contributed by atoms with Gasteiger partial charge in [0.1, 0.15) is 18.9 Å². The van der Waals surface area contributed by atoms with E-state index < -0.39 is 5.97 Å². The number of amidine groups is 1. The highest BCUT2D eigenvalue weighted by Crippen LogP contribution is 2.23. The molecular weight excluding hydrogens is 398 g/mol. The fourth-order valence-electron chi connectivity index (χ4n) is 4.46. The number of nitrogens with two attached hydrogens (primary N) is 1. The van der Waals surface area contributed by atoms with Crippen molar-refractivity contribution in [1.29, 1.82) is 0 Å². The zero-order valence-corrected chi connectivity index (χ0v) is 20.9. The Morgan fingerprint density at radius 3 is 1.94 bits per heavy atom. The van der Waals surface area contributed by atoms with Crippen molar-refractivity contribution in [2.24, 2.45) is 10.7 Å². The Balaban J connectivity index is 1.97. The second kappa shape index (κ2) is 18.0. The first kappa shape index (κ1) is 28.6. The molecule has 2 unspecified atom stereocenters. The molecule has 0 radical (unpaired) electrons. The molecule has 0 aromatic rings. The van der Waals surface area contributed by atoms with Gasteiger partial charge < -0.3 is 9.90 Å². The van der Waals surface area contributed by atoms with E-state index in [9.17, 15) is 9.90 Å². The number of hydrogen-bond acceptors (Lipinski definition) is 4. The molecule has 1 rings (SSSR count). The molecule has 32 heavy (non-hydrogen) atoms. The number of unbranched alkanes of at least 4 members (excludes halogenated alkanes) is 14. The minimum Gasteiger partial charge on any atom is -0.544 e. The van der Waals surface area contributed by atoms with E-state index >= 15 is 0 Å². The molecule has 0 aromatic heterocycles. The maximum absolute atomic E-state index is 11.2. The van der Waals surface area contributed by atoms with Crippen LogP contribution in [0.4, 0.5) is 0 Å². The Morgan fingerprint density at radius 1 is 0.938 bits per heavy atom. The van der Waals surface area contributed by atoms with Crippen LogP contribution in [0.25, 0.3) is 0 Å². The highest BCUT2D eigenvalue weighted by atomic mass is 16.4. The Bertz CT molecular complexity index is 583. The second-order valence-corrected chi connectivity index (χ2v) is 9.44.